The largest absolute Gasteiger partial charge is 0.299 e. The van der Waals surface area contributed by atoms with Crippen LogP contribution in [0.3, 0.4) is 0 Å². The molecule has 0 N–H and O–H groups in total. The number of hydrogen-bond donors (Lipinski definition) is 0. The monoisotopic (exact) mass is 264 g/mol. The van der Waals surface area contributed by atoms with Gasteiger partial charge in [0.05, 0.1) is 0 Å². The Bertz CT molecular complexity index is 634. The first kappa shape index (κ1) is 13.1. The van der Waals surface area contributed by atoms with E-state index in [0.717, 1.165) is 12.0 Å². The molecular weight excluding hydrogens is 244 g/mol. The maximum absolute atomic E-state index is 12.2. The summed E-state index contributed by atoms with van der Waals surface area (Å²) in [5.41, 5.74) is 6.42. The van der Waals surface area contributed by atoms with Crippen LogP contribution in [0.5, 0.6) is 0 Å². The van der Waals surface area contributed by atoms with E-state index in [2.05, 4.69) is 56.3 Å². The standard InChI is InChI=1S/C19H20O/c1-13-7-14(2)9-15(8-13)10-18(20)12-17-11-16-5-3-4-6-19(16)17/h3-9,17H,10-12H2,1-2H3. The summed E-state index contributed by atoms with van der Waals surface area (Å²) in [6.45, 7) is 4.17. The maximum atomic E-state index is 12.2. The van der Waals surface area contributed by atoms with Crippen molar-refractivity contribution in [2.45, 2.75) is 39.0 Å². The Morgan fingerprint density at radius 1 is 1.10 bits per heavy atom. The molecule has 0 spiro atoms. The zero-order valence-corrected chi connectivity index (χ0v) is 12.1. The third kappa shape index (κ3) is 2.67. The van der Waals surface area contributed by atoms with E-state index in [9.17, 15) is 4.79 Å². The van der Waals surface area contributed by atoms with E-state index in [-0.39, 0.29) is 0 Å². The topological polar surface area (TPSA) is 17.1 Å². The lowest BCUT2D eigenvalue weighted by molar-refractivity contribution is -0.118. The number of benzene rings is 2. The molecule has 0 fully saturated rings. The number of ketones is 1. The normalized spacial score (nSPS) is 16.4. The van der Waals surface area contributed by atoms with Crippen LogP contribution >= 0.6 is 0 Å². The van der Waals surface area contributed by atoms with Crippen molar-refractivity contribution in [3.8, 4) is 0 Å². The van der Waals surface area contributed by atoms with Gasteiger partial charge >= 0.3 is 0 Å². The van der Waals surface area contributed by atoms with Crippen molar-refractivity contribution in [2.75, 3.05) is 0 Å². The van der Waals surface area contributed by atoms with E-state index in [4.69, 9.17) is 0 Å². The minimum Gasteiger partial charge on any atom is -0.299 e. The van der Waals surface area contributed by atoms with E-state index in [1.807, 2.05) is 0 Å². The van der Waals surface area contributed by atoms with Crippen LogP contribution in [-0.2, 0) is 17.6 Å². The minimum absolute atomic E-state index is 0.356. The average molecular weight is 264 g/mol. The van der Waals surface area contributed by atoms with E-state index in [1.54, 1.807) is 0 Å². The molecule has 0 aromatic heterocycles. The lowest BCUT2D eigenvalue weighted by Gasteiger charge is -2.29. The Hall–Kier alpha value is -1.89. The fraction of sp³-hybridized carbons (Fsp3) is 0.316. The lowest BCUT2D eigenvalue weighted by Crippen LogP contribution is -2.20. The number of rotatable bonds is 4. The first-order valence-electron chi connectivity index (χ1n) is 7.28. The molecular formula is C19H20O. The van der Waals surface area contributed by atoms with Crippen LogP contribution in [-0.4, -0.2) is 5.78 Å². The fourth-order valence-electron chi connectivity index (χ4n) is 3.29. The van der Waals surface area contributed by atoms with Crippen LogP contribution < -0.4 is 0 Å². The zero-order valence-electron chi connectivity index (χ0n) is 12.1. The molecule has 1 atom stereocenters. The quantitative estimate of drug-likeness (QED) is 0.811. The molecule has 0 radical (unpaired) electrons. The van der Waals surface area contributed by atoms with Gasteiger partial charge in [0, 0.05) is 12.8 Å². The van der Waals surface area contributed by atoms with Gasteiger partial charge in [0.2, 0.25) is 0 Å². The molecule has 2 aromatic carbocycles. The second-order valence-corrected chi connectivity index (χ2v) is 6.02. The lowest BCUT2D eigenvalue weighted by atomic mass is 9.74. The molecule has 0 heterocycles. The van der Waals surface area contributed by atoms with Crippen LogP contribution in [0.25, 0.3) is 0 Å². The van der Waals surface area contributed by atoms with Gasteiger partial charge in [0.1, 0.15) is 5.78 Å². The van der Waals surface area contributed by atoms with Crippen molar-refractivity contribution in [1.29, 1.82) is 0 Å². The summed E-state index contributed by atoms with van der Waals surface area (Å²) < 4.78 is 0. The van der Waals surface area contributed by atoms with E-state index in [0.29, 0.717) is 24.5 Å². The number of fused-ring (bicyclic) bond motifs is 1. The van der Waals surface area contributed by atoms with Crippen LogP contribution in [0.4, 0.5) is 0 Å². The number of hydrogen-bond acceptors (Lipinski definition) is 1. The van der Waals surface area contributed by atoms with Crippen molar-refractivity contribution in [3.63, 3.8) is 0 Å². The zero-order chi connectivity index (χ0) is 14.1. The van der Waals surface area contributed by atoms with Crippen LogP contribution in [0.15, 0.2) is 42.5 Å². The minimum atomic E-state index is 0.356. The molecule has 2 aromatic rings. The summed E-state index contributed by atoms with van der Waals surface area (Å²) in [6.07, 6.45) is 2.32. The molecule has 1 nitrogen and oxygen atoms in total. The molecule has 1 aliphatic carbocycles. The third-order valence-corrected chi connectivity index (χ3v) is 4.12. The van der Waals surface area contributed by atoms with Gasteiger partial charge in [0.15, 0.2) is 0 Å². The highest BCUT2D eigenvalue weighted by atomic mass is 16.1. The van der Waals surface area contributed by atoms with Gasteiger partial charge < -0.3 is 0 Å². The van der Waals surface area contributed by atoms with Gasteiger partial charge in [-0.3, -0.25) is 4.79 Å². The summed E-state index contributed by atoms with van der Waals surface area (Å²) in [5.74, 6) is 0.805. The molecule has 0 amide bonds. The number of carbonyl (C=O) groups excluding carboxylic acids is 1. The van der Waals surface area contributed by atoms with Crippen molar-refractivity contribution < 1.29 is 4.79 Å². The van der Waals surface area contributed by atoms with Crippen molar-refractivity contribution in [3.05, 3.63) is 70.3 Å². The third-order valence-electron chi connectivity index (χ3n) is 4.12. The highest BCUT2D eigenvalue weighted by Crippen LogP contribution is 2.37. The second kappa shape index (κ2) is 5.24. The molecule has 1 aliphatic rings. The van der Waals surface area contributed by atoms with Gasteiger partial charge in [-0.05, 0) is 42.9 Å². The Kier molecular flexibility index (Phi) is 3.43. The van der Waals surface area contributed by atoms with Crippen LogP contribution in [0, 0.1) is 13.8 Å². The van der Waals surface area contributed by atoms with Crippen molar-refractivity contribution >= 4 is 5.78 Å². The van der Waals surface area contributed by atoms with Gasteiger partial charge in [-0.2, -0.15) is 0 Å². The van der Waals surface area contributed by atoms with Crippen molar-refractivity contribution in [2.24, 2.45) is 0 Å². The highest BCUT2D eigenvalue weighted by Gasteiger charge is 2.27. The highest BCUT2D eigenvalue weighted by molar-refractivity contribution is 5.82. The Labute approximate surface area is 120 Å². The number of carbonyl (C=O) groups is 1. The fourth-order valence-corrected chi connectivity index (χ4v) is 3.29. The molecule has 102 valence electrons. The predicted octanol–water partition coefficient (Wildman–Crippen LogP) is 4.15. The summed E-state index contributed by atoms with van der Waals surface area (Å²) in [6, 6.07) is 14.9. The molecule has 1 unspecified atom stereocenters. The summed E-state index contributed by atoms with van der Waals surface area (Å²) in [4.78, 5) is 12.2. The van der Waals surface area contributed by atoms with E-state index in [1.165, 1.54) is 22.3 Å². The smallest absolute Gasteiger partial charge is 0.137 e. The molecule has 0 saturated carbocycles. The van der Waals surface area contributed by atoms with Gasteiger partial charge in [-0.15, -0.1) is 0 Å². The SMILES string of the molecule is Cc1cc(C)cc(CC(=O)CC2Cc3ccccc32)c1. The summed E-state index contributed by atoms with van der Waals surface area (Å²) in [7, 11) is 0. The summed E-state index contributed by atoms with van der Waals surface area (Å²) >= 11 is 0. The Morgan fingerprint density at radius 3 is 2.50 bits per heavy atom. The van der Waals surface area contributed by atoms with Crippen molar-refractivity contribution in [1.82, 2.24) is 0 Å². The second-order valence-electron chi connectivity index (χ2n) is 6.02. The van der Waals surface area contributed by atoms with Gasteiger partial charge in [-0.25, -0.2) is 0 Å². The first-order chi connectivity index (χ1) is 9.61. The first-order valence-corrected chi connectivity index (χ1v) is 7.28. The Morgan fingerprint density at radius 2 is 1.80 bits per heavy atom. The molecule has 3 rings (SSSR count). The summed E-state index contributed by atoms with van der Waals surface area (Å²) in [5, 5.41) is 0. The van der Waals surface area contributed by atoms with Gasteiger partial charge in [-0.1, -0.05) is 53.6 Å². The molecule has 0 bridgehead atoms. The van der Waals surface area contributed by atoms with Crippen LogP contribution in [0.1, 0.15) is 40.2 Å². The maximum Gasteiger partial charge on any atom is 0.137 e. The number of aryl methyl sites for hydroxylation is 2. The molecule has 20 heavy (non-hydrogen) atoms. The van der Waals surface area contributed by atoms with E-state index >= 15 is 0 Å². The van der Waals surface area contributed by atoms with Crippen LogP contribution in [0.2, 0.25) is 0 Å². The predicted molar refractivity (Wildman–Crippen MR) is 82.1 cm³/mol. The molecule has 0 aliphatic heterocycles. The van der Waals surface area contributed by atoms with E-state index < -0.39 is 0 Å². The number of Topliss-reactive ketones (excluding diaryl/α,β-unsaturated/α-hetero) is 1. The Balaban J connectivity index is 1.64. The average Bonchev–Trinajstić information content (AvgIpc) is 2.34. The molecule has 0 saturated heterocycles. The van der Waals surface area contributed by atoms with Gasteiger partial charge in [0.25, 0.3) is 0 Å². The molecule has 1 heteroatoms.